The Bertz CT molecular complexity index is 947. The summed E-state index contributed by atoms with van der Waals surface area (Å²) in [4.78, 5) is 16.9. The van der Waals surface area contributed by atoms with Crippen molar-refractivity contribution in [3.8, 4) is 11.5 Å². The highest BCUT2D eigenvalue weighted by Crippen LogP contribution is 2.32. The van der Waals surface area contributed by atoms with Gasteiger partial charge in [0.25, 0.3) is 5.91 Å². The maximum atomic E-state index is 12.3. The van der Waals surface area contributed by atoms with Crippen molar-refractivity contribution < 1.29 is 19.0 Å². The Morgan fingerprint density at radius 2 is 1.97 bits per heavy atom. The van der Waals surface area contributed by atoms with Crippen LogP contribution in [0.3, 0.4) is 0 Å². The quantitative estimate of drug-likeness (QED) is 0.277. The smallest absolute Gasteiger partial charge is 0.253 e. The molecule has 2 heterocycles. The van der Waals surface area contributed by atoms with Crippen molar-refractivity contribution in [1.82, 2.24) is 10.6 Å². The molecule has 1 atom stereocenters. The molecule has 2 aromatic rings. The number of carbonyl (C=O) groups is 1. The molecular formula is C23H29IN4O4. The molecule has 4 rings (SSSR count). The monoisotopic (exact) mass is 552 g/mol. The maximum Gasteiger partial charge on any atom is 0.253 e. The van der Waals surface area contributed by atoms with Crippen LogP contribution in [0.5, 0.6) is 11.5 Å². The van der Waals surface area contributed by atoms with Gasteiger partial charge >= 0.3 is 0 Å². The fraction of sp³-hybridized carbons (Fsp3) is 0.391. The van der Waals surface area contributed by atoms with Crippen LogP contribution in [0.4, 0.5) is 5.69 Å². The largest absolute Gasteiger partial charge is 0.454 e. The van der Waals surface area contributed by atoms with Gasteiger partial charge in [0.2, 0.25) is 6.79 Å². The summed E-state index contributed by atoms with van der Waals surface area (Å²) >= 11 is 0. The molecule has 1 unspecified atom stereocenters. The van der Waals surface area contributed by atoms with Crippen LogP contribution in [0.25, 0.3) is 0 Å². The first-order valence-electron chi connectivity index (χ1n) is 10.6. The molecule has 9 heteroatoms. The molecule has 1 saturated heterocycles. The number of fused-ring (bicyclic) bond motifs is 1. The first-order chi connectivity index (χ1) is 15.2. The third-order valence-corrected chi connectivity index (χ3v) is 5.08. The van der Waals surface area contributed by atoms with E-state index >= 15 is 0 Å². The molecule has 8 nitrogen and oxygen atoms in total. The Balaban J connectivity index is 0.00000289. The minimum atomic E-state index is -0.345. The van der Waals surface area contributed by atoms with Crippen LogP contribution < -0.4 is 25.4 Å². The Morgan fingerprint density at radius 3 is 2.78 bits per heavy atom. The minimum absolute atomic E-state index is 0. The summed E-state index contributed by atoms with van der Waals surface area (Å²) in [5.41, 5.74) is 2.84. The van der Waals surface area contributed by atoms with Crippen molar-refractivity contribution in [3.63, 3.8) is 0 Å². The third kappa shape index (κ3) is 6.49. The zero-order valence-corrected chi connectivity index (χ0v) is 20.4. The predicted molar refractivity (Wildman–Crippen MR) is 134 cm³/mol. The summed E-state index contributed by atoms with van der Waals surface area (Å²) in [7, 11) is 0. The number of amides is 1. The number of nitrogens with zero attached hydrogens (tertiary/aromatic N) is 1. The molecule has 3 N–H and O–H groups in total. The normalized spacial score (nSPS) is 16.9. The zero-order chi connectivity index (χ0) is 21.5. The predicted octanol–water partition coefficient (Wildman–Crippen LogP) is 3.41. The van der Waals surface area contributed by atoms with E-state index in [0.29, 0.717) is 25.7 Å². The van der Waals surface area contributed by atoms with E-state index < -0.39 is 0 Å². The molecule has 2 aliphatic rings. The Hall–Kier alpha value is -2.53. The Kier molecular flexibility index (Phi) is 8.98. The van der Waals surface area contributed by atoms with Crippen molar-refractivity contribution in [3.05, 3.63) is 53.6 Å². The summed E-state index contributed by atoms with van der Waals surface area (Å²) < 4.78 is 16.2. The average molecular weight is 552 g/mol. The van der Waals surface area contributed by atoms with Crippen LogP contribution in [0.2, 0.25) is 0 Å². The number of anilines is 1. The van der Waals surface area contributed by atoms with E-state index in [9.17, 15) is 4.79 Å². The Morgan fingerprint density at radius 1 is 1.09 bits per heavy atom. The topological polar surface area (TPSA) is 93.2 Å². The van der Waals surface area contributed by atoms with E-state index in [-0.39, 0.29) is 42.8 Å². The van der Waals surface area contributed by atoms with Gasteiger partial charge in [-0.15, -0.1) is 24.0 Å². The molecule has 172 valence electrons. The van der Waals surface area contributed by atoms with E-state index in [2.05, 4.69) is 20.9 Å². The van der Waals surface area contributed by atoms with Crippen LogP contribution in [-0.2, 0) is 22.6 Å². The number of carbonyl (C=O) groups excluding carboxylic acids is 1. The highest BCUT2D eigenvalue weighted by atomic mass is 127. The molecule has 32 heavy (non-hydrogen) atoms. The van der Waals surface area contributed by atoms with Gasteiger partial charge < -0.3 is 30.2 Å². The van der Waals surface area contributed by atoms with Crippen LogP contribution in [0.15, 0.2) is 47.5 Å². The summed E-state index contributed by atoms with van der Waals surface area (Å²) in [6.45, 7) is 4.80. The number of guanidine groups is 1. The van der Waals surface area contributed by atoms with E-state index in [4.69, 9.17) is 14.2 Å². The third-order valence-electron chi connectivity index (χ3n) is 5.08. The summed E-state index contributed by atoms with van der Waals surface area (Å²) in [5, 5.41) is 9.53. The number of nitrogens with one attached hydrogen (secondary N) is 3. The number of rotatable bonds is 7. The van der Waals surface area contributed by atoms with Gasteiger partial charge in [-0.1, -0.05) is 18.2 Å². The number of halogens is 1. The molecule has 2 aliphatic heterocycles. The lowest BCUT2D eigenvalue weighted by Crippen LogP contribution is -2.36. The van der Waals surface area contributed by atoms with Crippen molar-refractivity contribution in [2.45, 2.75) is 39.0 Å². The fourth-order valence-corrected chi connectivity index (χ4v) is 3.50. The lowest BCUT2D eigenvalue weighted by molar-refractivity contribution is -0.124. The lowest BCUT2D eigenvalue weighted by Gasteiger charge is -2.13. The second-order valence-corrected chi connectivity index (χ2v) is 7.43. The van der Waals surface area contributed by atoms with Gasteiger partial charge in [-0.2, -0.15) is 0 Å². The summed E-state index contributed by atoms with van der Waals surface area (Å²) in [6, 6.07) is 13.6. The molecule has 0 radical (unpaired) electrons. The van der Waals surface area contributed by atoms with Crippen LogP contribution in [0.1, 0.15) is 30.9 Å². The maximum absolute atomic E-state index is 12.3. The molecule has 1 fully saturated rings. The van der Waals surface area contributed by atoms with Crippen molar-refractivity contribution >= 4 is 41.5 Å². The number of ether oxygens (including phenoxy) is 3. The number of aliphatic imine (C=N–C) groups is 1. The first-order valence-corrected chi connectivity index (χ1v) is 10.6. The molecule has 0 aliphatic carbocycles. The van der Waals surface area contributed by atoms with Crippen LogP contribution in [-0.4, -0.2) is 37.9 Å². The second kappa shape index (κ2) is 11.9. The average Bonchev–Trinajstić information content (AvgIpc) is 3.48. The highest BCUT2D eigenvalue weighted by Gasteiger charge is 2.23. The number of benzene rings is 2. The van der Waals surface area contributed by atoms with Gasteiger partial charge in [0.1, 0.15) is 6.10 Å². The van der Waals surface area contributed by atoms with Gasteiger partial charge in [-0.3, -0.25) is 4.79 Å². The summed E-state index contributed by atoms with van der Waals surface area (Å²) in [5.74, 6) is 2.17. The van der Waals surface area contributed by atoms with E-state index in [1.54, 1.807) is 0 Å². The van der Waals surface area contributed by atoms with Crippen molar-refractivity contribution in [2.24, 2.45) is 4.99 Å². The number of hydrogen-bond acceptors (Lipinski definition) is 5. The zero-order valence-electron chi connectivity index (χ0n) is 18.1. The molecule has 0 saturated carbocycles. The fourth-order valence-electron chi connectivity index (χ4n) is 3.50. The first kappa shape index (κ1) is 24.1. The van der Waals surface area contributed by atoms with Gasteiger partial charge in [0.05, 0.1) is 6.54 Å². The van der Waals surface area contributed by atoms with Crippen molar-refractivity contribution in [1.29, 1.82) is 0 Å². The number of hydrogen-bond donors (Lipinski definition) is 3. The van der Waals surface area contributed by atoms with E-state index in [1.807, 2.05) is 49.4 Å². The SMILES string of the molecule is CCNC(=NCc1cccc(NC(=O)C2CCCO2)c1)NCc1ccc2c(c1)OCO2.I. The lowest BCUT2D eigenvalue weighted by atomic mass is 10.2. The molecular weight excluding hydrogens is 523 g/mol. The second-order valence-electron chi connectivity index (χ2n) is 7.43. The van der Waals surface area contributed by atoms with Gasteiger partial charge in [-0.25, -0.2) is 4.99 Å². The molecule has 0 bridgehead atoms. The van der Waals surface area contributed by atoms with Crippen molar-refractivity contribution in [2.75, 3.05) is 25.3 Å². The molecule has 1 amide bonds. The van der Waals surface area contributed by atoms with Crippen LogP contribution in [0, 0.1) is 0 Å². The standard InChI is InChI=1S/C23H28N4O4.HI/c1-2-24-23(26-14-17-8-9-19-21(12-17)31-15-30-19)25-13-16-5-3-6-18(11-16)27-22(28)20-7-4-10-29-20;/h3,5-6,8-9,11-12,20H,2,4,7,10,13-15H2,1H3,(H,27,28)(H2,24,25,26);1H. The Labute approximate surface area is 205 Å². The molecule has 2 aromatic carbocycles. The minimum Gasteiger partial charge on any atom is -0.454 e. The van der Waals surface area contributed by atoms with Gasteiger partial charge in [-0.05, 0) is 55.2 Å². The van der Waals surface area contributed by atoms with Crippen LogP contribution >= 0.6 is 24.0 Å². The van der Waals surface area contributed by atoms with E-state index in [1.165, 1.54) is 0 Å². The molecule has 0 aromatic heterocycles. The highest BCUT2D eigenvalue weighted by molar-refractivity contribution is 14.0. The van der Waals surface area contributed by atoms with Gasteiger partial charge in [0, 0.05) is 25.4 Å². The molecule has 0 spiro atoms. The summed E-state index contributed by atoms with van der Waals surface area (Å²) in [6.07, 6.45) is 1.36. The van der Waals surface area contributed by atoms with Gasteiger partial charge in [0.15, 0.2) is 17.5 Å². The van der Waals surface area contributed by atoms with E-state index in [0.717, 1.165) is 47.7 Å².